The number of hydrogen-bond acceptors (Lipinski definition) is 3. The van der Waals surface area contributed by atoms with Crippen LogP contribution in [0.4, 0.5) is 10.1 Å². The Labute approximate surface area is 121 Å². The maximum atomic E-state index is 13.3. The highest BCUT2D eigenvalue weighted by Gasteiger charge is 2.21. The van der Waals surface area contributed by atoms with Gasteiger partial charge >= 0.3 is 0 Å². The van der Waals surface area contributed by atoms with E-state index in [9.17, 15) is 9.50 Å². The highest BCUT2D eigenvalue weighted by atomic mass is 79.9. The SMILES string of the molecule is Cc1cc(F)c(Br)cc1NCC(O)COCC1CC1. The van der Waals surface area contributed by atoms with Gasteiger partial charge in [0.2, 0.25) is 0 Å². The first-order valence-corrected chi connectivity index (χ1v) is 7.31. The van der Waals surface area contributed by atoms with Crippen LogP contribution in [0.15, 0.2) is 16.6 Å². The van der Waals surface area contributed by atoms with Crippen molar-refractivity contribution in [1.29, 1.82) is 0 Å². The van der Waals surface area contributed by atoms with Crippen molar-refractivity contribution in [2.75, 3.05) is 25.1 Å². The molecule has 1 fully saturated rings. The van der Waals surface area contributed by atoms with Gasteiger partial charge in [0.05, 0.1) is 17.2 Å². The smallest absolute Gasteiger partial charge is 0.137 e. The van der Waals surface area contributed by atoms with Crippen molar-refractivity contribution in [1.82, 2.24) is 0 Å². The van der Waals surface area contributed by atoms with E-state index < -0.39 is 6.10 Å². The molecule has 0 heterocycles. The number of aryl methyl sites for hydroxylation is 1. The fourth-order valence-electron chi connectivity index (χ4n) is 1.78. The predicted octanol–water partition coefficient (Wildman–Crippen LogP) is 3.10. The average Bonchev–Trinajstić information content (AvgIpc) is 3.16. The third kappa shape index (κ3) is 4.75. The monoisotopic (exact) mass is 331 g/mol. The molecule has 1 aliphatic rings. The fraction of sp³-hybridized carbons (Fsp3) is 0.571. The van der Waals surface area contributed by atoms with Gasteiger partial charge < -0.3 is 15.2 Å². The average molecular weight is 332 g/mol. The summed E-state index contributed by atoms with van der Waals surface area (Å²) in [5, 5.41) is 12.9. The lowest BCUT2D eigenvalue weighted by molar-refractivity contribution is 0.0386. The van der Waals surface area contributed by atoms with Gasteiger partial charge in [-0.2, -0.15) is 0 Å². The third-order valence-electron chi connectivity index (χ3n) is 3.16. The molecule has 0 spiro atoms. The molecule has 0 radical (unpaired) electrons. The Hall–Kier alpha value is -0.650. The molecule has 1 aromatic rings. The number of benzene rings is 1. The summed E-state index contributed by atoms with van der Waals surface area (Å²) < 4.78 is 19.1. The van der Waals surface area contributed by atoms with Crippen LogP contribution in [0.2, 0.25) is 0 Å². The van der Waals surface area contributed by atoms with E-state index >= 15 is 0 Å². The minimum atomic E-state index is -0.554. The number of aliphatic hydroxyl groups excluding tert-OH is 1. The van der Waals surface area contributed by atoms with Gasteiger partial charge in [0.15, 0.2) is 0 Å². The largest absolute Gasteiger partial charge is 0.389 e. The zero-order valence-corrected chi connectivity index (χ0v) is 12.5. The van der Waals surface area contributed by atoms with Gasteiger partial charge in [0.25, 0.3) is 0 Å². The molecule has 1 aromatic carbocycles. The lowest BCUT2D eigenvalue weighted by Gasteiger charge is -2.15. The van der Waals surface area contributed by atoms with Crippen molar-refractivity contribution in [2.24, 2.45) is 5.92 Å². The van der Waals surface area contributed by atoms with Crippen LogP contribution in [-0.4, -0.2) is 31.0 Å². The summed E-state index contributed by atoms with van der Waals surface area (Å²) in [4.78, 5) is 0. The Balaban J connectivity index is 1.75. The summed E-state index contributed by atoms with van der Waals surface area (Å²) in [5.41, 5.74) is 1.63. The number of ether oxygens (including phenoxy) is 1. The van der Waals surface area contributed by atoms with E-state index in [4.69, 9.17) is 4.74 Å². The van der Waals surface area contributed by atoms with E-state index in [-0.39, 0.29) is 5.82 Å². The van der Waals surface area contributed by atoms with E-state index in [0.29, 0.717) is 23.5 Å². The molecule has 0 amide bonds. The summed E-state index contributed by atoms with van der Waals surface area (Å²) in [5.74, 6) is 0.423. The zero-order valence-electron chi connectivity index (χ0n) is 11.0. The van der Waals surface area contributed by atoms with Crippen molar-refractivity contribution in [2.45, 2.75) is 25.9 Å². The first-order valence-electron chi connectivity index (χ1n) is 6.51. The number of anilines is 1. The summed E-state index contributed by atoms with van der Waals surface area (Å²) >= 11 is 3.15. The van der Waals surface area contributed by atoms with Crippen LogP contribution in [-0.2, 0) is 4.74 Å². The van der Waals surface area contributed by atoms with Crippen LogP contribution >= 0.6 is 15.9 Å². The van der Waals surface area contributed by atoms with Crippen molar-refractivity contribution in [3.8, 4) is 0 Å². The third-order valence-corrected chi connectivity index (χ3v) is 3.76. The van der Waals surface area contributed by atoms with Gasteiger partial charge in [0, 0.05) is 18.8 Å². The summed E-state index contributed by atoms with van der Waals surface area (Å²) in [6.45, 7) is 3.31. The van der Waals surface area contributed by atoms with Gasteiger partial charge in [-0.15, -0.1) is 0 Å². The molecule has 0 aromatic heterocycles. The molecule has 1 unspecified atom stereocenters. The van der Waals surface area contributed by atoms with E-state index in [1.165, 1.54) is 18.9 Å². The molecule has 3 nitrogen and oxygen atoms in total. The lowest BCUT2D eigenvalue weighted by atomic mass is 10.2. The highest BCUT2D eigenvalue weighted by Crippen LogP contribution is 2.28. The Morgan fingerprint density at radius 2 is 2.26 bits per heavy atom. The van der Waals surface area contributed by atoms with Crippen LogP contribution in [0.25, 0.3) is 0 Å². The molecule has 2 rings (SSSR count). The molecule has 5 heteroatoms. The van der Waals surface area contributed by atoms with Gasteiger partial charge in [-0.1, -0.05) is 0 Å². The first kappa shape index (κ1) is 14.8. The molecule has 0 saturated heterocycles. The molecule has 2 N–H and O–H groups in total. The molecule has 1 saturated carbocycles. The summed E-state index contributed by atoms with van der Waals surface area (Å²) in [6.07, 6.45) is 1.94. The second-order valence-electron chi connectivity index (χ2n) is 5.10. The van der Waals surface area contributed by atoms with Crippen LogP contribution in [0.5, 0.6) is 0 Å². The number of nitrogens with one attached hydrogen (secondary N) is 1. The minimum absolute atomic E-state index is 0.281. The molecule has 1 aliphatic carbocycles. The van der Waals surface area contributed by atoms with Crippen molar-refractivity contribution in [3.05, 3.63) is 28.0 Å². The zero-order chi connectivity index (χ0) is 13.8. The van der Waals surface area contributed by atoms with Crippen LogP contribution in [0.3, 0.4) is 0 Å². The number of halogens is 2. The van der Waals surface area contributed by atoms with E-state index in [1.54, 1.807) is 6.07 Å². The Kier molecular flexibility index (Phi) is 5.19. The second kappa shape index (κ2) is 6.68. The Morgan fingerprint density at radius 3 is 2.95 bits per heavy atom. The van der Waals surface area contributed by atoms with Gasteiger partial charge in [0.1, 0.15) is 5.82 Å². The van der Waals surface area contributed by atoms with E-state index in [1.807, 2.05) is 6.92 Å². The van der Waals surface area contributed by atoms with E-state index in [0.717, 1.165) is 17.9 Å². The molecule has 0 aliphatic heterocycles. The highest BCUT2D eigenvalue weighted by molar-refractivity contribution is 9.10. The fourth-order valence-corrected chi connectivity index (χ4v) is 2.12. The van der Waals surface area contributed by atoms with Crippen molar-refractivity contribution < 1.29 is 14.2 Å². The van der Waals surface area contributed by atoms with Crippen molar-refractivity contribution in [3.63, 3.8) is 0 Å². The van der Waals surface area contributed by atoms with Crippen LogP contribution in [0, 0.1) is 18.7 Å². The Morgan fingerprint density at radius 1 is 1.53 bits per heavy atom. The maximum Gasteiger partial charge on any atom is 0.137 e. The van der Waals surface area contributed by atoms with Crippen LogP contribution in [0.1, 0.15) is 18.4 Å². The molecule has 106 valence electrons. The normalized spacial score (nSPS) is 16.4. The Bertz CT molecular complexity index is 438. The van der Waals surface area contributed by atoms with Crippen LogP contribution < -0.4 is 5.32 Å². The molecule has 1 atom stereocenters. The van der Waals surface area contributed by atoms with Gasteiger partial charge in [-0.05, 0) is 59.3 Å². The molecule has 19 heavy (non-hydrogen) atoms. The molecular weight excluding hydrogens is 313 g/mol. The lowest BCUT2D eigenvalue weighted by Crippen LogP contribution is -2.25. The number of rotatable bonds is 7. The second-order valence-corrected chi connectivity index (χ2v) is 5.95. The number of hydrogen-bond donors (Lipinski definition) is 2. The minimum Gasteiger partial charge on any atom is -0.389 e. The summed E-state index contributed by atoms with van der Waals surface area (Å²) in [6, 6.07) is 3.14. The maximum absolute atomic E-state index is 13.3. The molecular formula is C14H19BrFNO2. The standard InChI is InChI=1S/C14H19BrFNO2/c1-9-4-13(16)12(15)5-14(9)17-6-11(18)8-19-7-10-2-3-10/h4-5,10-11,17-18H,2-3,6-8H2,1H3. The predicted molar refractivity (Wildman–Crippen MR) is 76.9 cm³/mol. The van der Waals surface area contributed by atoms with Crippen molar-refractivity contribution >= 4 is 21.6 Å². The summed E-state index contributed by atoms with van der Waals surface area (Å²) in [7, 11) is 0. The topological polar surface area (TPSA) is 41.5 Å². The van der Waals surface area contributed by atoms with Gasteiger partial charge in [-0.25, -0.2) is 4.39 Å². The molecule has 0 bridgehead atoms. The quantitative estimate of drug-likeness (QED) is 0.806. The number of aliphatic hydroxyl groups is 1. The first-order chi connectivity index (χ1) is 9.06. The van der Waals surface area contributed by atoms with Gasteiger partial charge in [-0.3, -0.25) is 0 Å². The van der Waals surface area contributed by atoms with E-state index in [2.05, 4.69) is 21.2 Å².